The number of nitrogens with zero attached hydrogens (tertiary/aromatic N) is 1. The van der Waals surface area contributed by atoms with Crippen LogP contribution in [0.1, 0.15) is 30.4 Å². The number of rotatable bonds is 4. The van der Waals surface area contributed by atoms with Crippen molar-refractivity contribution in [2.24, 2.45) is 0 Å². The monoisotopic (exact) mass is 292 g/mol. The Hall–Kier alpha value is -2.74. The summed E-state index contributed by atoms with van der Waals surface area (Å²) < 4.78 is 0. The van der Waals surface area contributed by atoms with Gasteiger partial charge in [-0.05, 0) is 18.2 Å². The van der Waals surface area contributed by atoms with Gasteiger partial charge in [0.25, 0.3) is 5.91 Å². The van der Waals surface area contributed by atoms with Crippen LogP contribution < -0.4 is 5.32 Å². The number of thiazole rings is 1. The maximum absolute atomic E-state index is 11.8. The minimum Gasteiger partial charge on any atom is -0.478 e. The van der Waals surface area contributed by atoms with Gasteiger partial charge in [0.1, 0.15) is 4.88 Å². The topological polar surface area (TPSA) is 117 Å². The van der Waals surface area contributed by atoms with E-state index in [0.717, 1.165) is 17.4 Å². The second-order valence-electron chi connectivity index (χ2n) is 3.73. The molecule has 0 saturated heterocycles. The molecule has 1 aromatic heterocycles. The van der Waals surface area contributed by atoms with Crippen molar-refractivity contribution >= 4 is 34.9 Å². The van der Waals surface area contributed by atoms with Gasteiger partial charge < -0.3 is 15.5 Å². The predicted molar refractivity (Wildman–Crippen MR) is 70.4 cm³/mol. The fraction of sp³-hybridized carbons (Fsp3) is 0. The zero-order valence-corrected chi connectivity index (χ0v) is 10.7. The average Bonchev–Trinajstić information content (AvgIpc) is 2.92. The maximum atomic E-state index is 11.8. The summed E-state index contributed by atoms with van der Waals surface area (Å²) in [6.07, 6.45) is 1.36. The molecule has 20 heavy (non-hydrogen) atoms. The third-order valence-corrected chi connectivity index (χ3v) is 3.11. The molecule has 102 valence electrons. The number of anilines is 1. The van der Waals surface area contributed by atoms with Gasteiger partial charge >= 0.3 is 11.9 Å². The number of carboxylic acid groups (broad SMARTS) is 2. The number of carboxylic acids is 2. The largest absolute Gasteiger partial charge is 0.478 e. The molecule has 7 nitrogen and oxygen atoms in total. The van der Waals surface area contributed by atoms with Gasteiger partial charge in [-0.15, -0.1) is 11.3 Å². The fourth-order valence-corrected chi connectivity index (χ4v) is 1.98. The molecule has 0 bridgehead atoms. The quantitative estimate of drug-likeness (QED) is 0.791. The second kappa shape index (κ2) is 5.49. The standard InChI is InChI=1S/C12H8N2O5S/c15-10(9-4-13-5-20-9)14-8-2-6(11(16)17)1-7(3-8)12(18)19/h1-5H,(H,14,15)(H,16,17)(H,18,19). The Bertz CT molecular complexity index is 649. The van der Waals surface area contributed by atoms with Crippen molar-refractivity contribution in [3.8, 4) is 0 Å². The van der Waals surface area contributed by atoms with Crippen molar-refractivity contribution in [2.75, 3.05) is 5.32 Å². The zero-order valence-electron chi connectivity index (χ0n) is 9.86. The number of hydrogen-bond donors (Lipinski definition) is 3. The minimum absolute atomic E-state index is 0.0979. The van der Waals surface area contributed by atoms with Gasteiger partial charge in [-0.1, -0.05) is 0 Å². The van der Waals surface area contributed by atoms with Gasteiger partial charge in [0.15, 0.2) is 0 Å². The lowest BCUT2D eigenvalue weighted by atomic mass is 10.1. The van der Waals surface area contributed by atoms with Crippen molar-refractivity contribution in [1.29, 1.82) is 0 Å². The van der Waals surface area contributed by atoms with Crippen LogP contribution in [0.5, 0.6) is 0 Å². The summed E-state index contributed by atoms with van der Waals surface area (Å²) in [5.74, 6) is -3.03. The SMILES string of the molecule is O=C(O)c1cc(NC(=O)c2cncs2)cc(C(=O)O)c1. The van der Waals surface area contributed by atoms with Crippen LogP contribution in [-0.4, -0.2) is 33.0 Å². The van der Waals surface area contributed by atoms with Crippen molar-refractivity contribution in [3.05, 3.63) is 45.9 Å². The van der Waals surface area contributed by atoms with E-state index in [0.29, 0.717) is 4.88 Å². The predicted octanol–water partition coefficient (Wildman–Crippen LogP) is 1.79. The molecule has 1 heterocycles. The van der Waals surface area contributed by atoms with Crippen LogP contribution in [0.15, 0.2) is 29.9 Å². The van der Waals surface area contributed by atoms with Crippen LogP contribution >= 0.6 is 11.3 Å². The summed E-state index contributed by atoms with van der Waals surface area (Å²) in [5.41, 5.74) is 1.14. The Morgan fingerprint density at radius 3 is 2.10 bits per heavy atom. The van der Waals surface area contributed by atoms with Gasteiger partial charge in [0.05, 0.1) is 22.8 Å². The van der Waals surface area contributed by atoms with Crippen molar-refractivity contribution < 1.29 is 24.6 Å². The first-order chi connectivity index (χ1) is 9.47. The Morgan fingerprint density at radius 1 is 1.05 bits per heavy atom. The molecule has 0 aliphatic carbocycles. The number of benzene rings is 1. The smallest absolute Gasteiger partial charge is 0.335 e. The van der Waals surface area contributed by atoms with E-state index in [1.165, 1.54) is 23.8 Å². The molecule has 0 aliphatic rings. The molecule has 0 fully saturated rings. The number of nitrogens with one attached hydrogen (secondary N) is 1. The summed E-state index contributed by atoms with van der Waals surface area (Å²) in [7, 11) is 0. The second-order valence-corrected chi connectivity index (χ2v) is 4.62. The molecule has 2 aromatic rings. The number of aromatic carboxylic acids is 2. The van der Waals surface area contributed by atoms with Crippen LogP contribution in [0.4, 0.5) is 5.69 Å². The Labute approximate surface area is 116 Å². The Morgan fingerprint density at radius 2 is 1.65 bits per heavy atom. The molecule has 0 unspecified atom stereocenters. The highest BCUT2D eigenvalue weighted by molar-refractivity contribution is 7.11. The van der Waals surface area contributed by atoms with E-state index < -0.39 is 17.8 Å². The number of hydrogen-bond acceptors (Lipinski definition) is 5. The van der Waals surface area contributed by atoms with Gasteiger partial charge in [-0.2, -0.15) is 0 Å². The number of amides is 1. The first-order valence-electron chi connectivity index (χ1n) is 5.29. The van der Waals surface area contributed by atoms with E-state index in [4.69, 9.17) is 10.2 Å². The van der Waals surface area contributed by atoms with Gasteiger partial charge in [-0.3, -0.25) is 9.78 Å². The maximum Gasteiger partial charge on any atom is 0.335 e. The molecule has 1 amide bonds. The molecule has 3 N–H and O–H groups in total. The first-order valence-corrected chi connectivity index (χ1v) is 6.17. The number of aromatic nitrogens is 1. The highest BCUT2D eigenvalue weighted by Crippen LogP contribution is 2.17. The van der Waals surface area contributed by atoms with Crippen molar-refractivity contribution in [2.45, 2.75) is 0 Å². The van der Waals surface area contributed by atoms with E-state index >= 15 is 0 Å². The van der Waals surface area contributed by atoms with Gasteiger partial charge in [-0.25, -0.2) is 9.59 Å². The molecule has 0 radical (unpaired) electrons. The molecule has 1 aromatic carbocycles. The lowest BCUT2D eigenvalue weighted by Gasteiger charge is -2.06. The highest BCUT2D eigenvalue weighted by Gasteiger charge is 2.14. The van der Waals surface area contributed by atoms with Crippen LogP contribution in [-0.2, 0) is 0 Å². The summed E-state index contributed by atoms with van der Waals surface area (Å²) in [6, 6.07) is 3.40. The molecular weight excluding hydrogens is 284 g/mol. The third-order valence-electron chi connectivity index (χ3n) is 2.34. The van der Waals surface area contributed by atoms with Crippen molar-refractivity contribution in [3.63, 3.8) is 0 Å². The third kappa shape index (κ3) is 2.98. The fourth-order valence-electron chi connectivity index (χ4n) is 1.47. The Kier molecular flexibility index (Phi) is 3.76. The number of carbonyl (C=O) groups excluding carboxylic acids is 1. The Balaban J connectivity index is 2.33. The summed E-state index contributed by atoms with van der Waals surface area (Å²) in [4.78, 5) is 37.7. The average molecular weight is 292 g/mol. The molecule has 0 spiro atoms. The zero-order chi connectivity index (χ0) is 14.7. The van der Waals surface area contributed by atoms with E-state index in [9.17, 15) is 14.4 Å². The van der Waals surface area contributed by atoms with Crippen LogP contribution in [0.2, 0.25) is 0 Å². The normalized spacial score (nSPS) is 10.0. The van der Waals surface area contributed by atoms with Crippen LogP contribution in [0, 0.1) is 0 Å². The van der Waals surface area contributed by atoms with E-state index in [1.807, 2.05) is 0 Å². The molecule has 2 rings (SSSR count). The van der Waals surface area contributed by atoms with Crippen LogP contribution in [0.25, 0.3) is 0 Å². The van der Waals surface area contributed by atoms with Crippen molar-refractivity contribution in [1.82, 2.24) is 4.98 Å². The minimum atomic E-state index is -1.28. The van der Waals surface area contributed by atoms with Crippen LogP contribution in [0.3, 0.4) is 0 Å². The molecule has 8 heteroatoms. The first kappa shape index (κ1) is 13.7. The molecular formula is C12H8N2O5S. The molecule has 0 saturated carbocycles. The molecule has 0 atom stereocenters. The van der Waals surface area contributed by atoms with Gasteiger partial charge in [0, 0.05) is 5.69 Å². The van der Waals surface area contributed by atoms with E-state index in [2.05, 4.69) is 10.3 Å². The lowest BCUT2D eigenvalue weighted by Crippen LogP contribution is -2.12. The van der Waals surface area contributed by atoms with Gasteiger partial charge in [0.2, 0.25) is 0 Å². The summed E-state index contributed by atoms with van der Waals surface area (Å²) in [6.45, 7) is 0. The lowest BCUT2D eigenvalue weighted by molar-refractivity contribution is 0.0696. The van der Waals surface area contributed by atoms with E-state index in [1.54, 1.807) is 0 Å². The molecule has 0 aliphatic heterocycles. The summed E-state index contributed by atoms with van der Waals surface area (Å²) in [5, 5.41) is 20.3. The van der Waals surface area contributed by atoms with E-state index in [-0.39, 0.29) is 16.8 Å². The summed E-state index contributed by atoms with van der Waals surface area (Å²) >= 11 is 1.12. The highest BCUT2D eigenvalue weighted by atomic mass is 32.1. The number of carbonyl (C=O) groups is 3.